The molecular formula is C19H31NO2Si. The molecule has 0 aromatic carbocycles. The molecule has 0 bridgehead atoms. The van der Waals surface area contributed by atoms with Gasteiger partial charge in [-0.1, -0.05) is 41.5 Å². The van der Waals surface area contributed by atoms with Gasteiger partial charge in [-0.15, -0.1) is 0 Å². The minimum absolute atomic E-state index is 0.313. The van der Waals surface area contributed by atoms with E-state index in [1.807, 2.05) is 12.3 Å². The highest BCUT2D eigenvalue weighted by atomic mass is 28.4. The van der Waals surface area contributed by atoms with Gasteiger partial charge in [-0.3, -0.25) is 9.78 Å². The number of Topliss-reactive ketones (excluding diaryl/α,β-unsaturated/α-hetero) is 1. The summed E-state index contributed by atoms with van der Waals surface area (Å²) in [5.74, 6) is 1.24. The topological polar surface area (TPSA) is 39.2 Å². The van der Waals surface area contributed by atoms with Crippen molar-refractivity contribution in [3.05, 3.63) is 23.5 Å². The Hall–Kier alpha value is -1.16. The van der Waals surface area contributed by atoms with E-state index in [4.69, 9.17) is 4.43 Å². The van der Waals surface area contributed by atoms with E-state index in [1.165, 1.54) is 0 Å². The van der Waals surface area contributed by atoms with E-state index in [1.54, 1.807) is 0 Å². The third-order valence-corrected chi connectivity index (χ3v) is 11.3. The number of fused-ring (bicyclic) bond motifs is 1. The van der Waals surface area contributed by atoms with Crippen molar-refractivity contribution >= 4 is 14.1 Å². The Labute approximate surface area is 142 Å². The lowest BCUT2D eigenvalue weighted by atomic mass is 10.1. The van der Waals surface area contributed by atoms with Gasteiger partial charge in [-0.05, 0) is 35.5 Å². The van der Waals surface area contributed by atoms with Gasteiger partial charge in [-0.2, -0.15) is 0 Å². The van der Waals surface area contributed by atoms with Crippen molar-refractivity contribution in [3.63, 3.8) is 0 Å². The maximum Gasteiger partial charge on any atom is 0.258 e. The molecule has 0 unspecified atom stereocenters. The molecule has 1 heterocycles. The zero-order valence-corrected chi connectivity index (χ0v) is 16.5. The summed E-state index contributed by atoms with van der Waals surface area (Å²) < 4.78 is 6.84. The van der Waals surface area contributed by atoms with Crippen LogP contribution in [0, 0.1) is 0 Å². The lowest BCUT2D eigenvalue weighted by molar-refractivity contribution is -0.118. The third kappa shape index (κ3) is 3.52. The van der Waals surface area contributed by atoms with Gasteiger partial charge in [0, 0.05) is 30.3 Å². The maximum atomic E-state index is 12.1. The highest BCUT2D eigenvalue weighted by Crippen LogP contribution is 2.43. The van der Waals surface area contributed by atoms with Crippen molar-refractivity contribution in [2.75, 3.05) is 0 Å². The average molecular weight is 334 g/mol. The Morgan fingerprint density at radius 3 is 2.22 bits per heavy atom. The molecule has 2 rings (SSSR count). The summed E-state index contributed by atoms with van der Waals surface area (Å²) in [7, 11) is -2.01. The number of pyridine rings is 1. The van der Waals surface area contributed by atoms with Crippen LogP contribution in [0.4, 0.5) is 0 Å². The first-order valence-electron chi connectivity index (χ1n) is 8.96. The average Bonchev–Trinajstić information content (AvgIpc) is 2.64. The highest BCUT2D eigenvalue weighted by molar-refractivity contribution is 6.78. The summed E-state index contributed by atoms with van der Waals surface area (Å²) >= 11 is 0. The summed E-state index contributed by atoms with van der Waals surface area (Å²) in [5.41, 5.74) is 3.68. The standard InChI is InChI=1S/C19H31NO2Si/c1-13(2)23(14(3)4,15(5)6)22-19-10-11-20-18-9-7-8-16(21)12-17(18)19/h10-11,13-15H,7-9,12H2,1-6H3. The number of hydrogen-bond acceptors (Lipinski definition) is 3. The number of nitrogens with zero attached hydrogens (tertiary/aromatic N) is 1. The van der Waals surface area contributed by atoms with Crippen LogP contribution < -0.4 is 4.43 Å². The molecule has 1 aliphatic carbocycles. The van der Waals surface area contributed by atoms with Gasteiger partial charge in [-0.25, -0.2) is 0 Å². The molecule has 0 amide bonds. The monoisotopic (exact) mass is 333 g/mol. The van der Waals surface area contributed by atoms with Crippen LogP contribution in [-0.4, -0.2) is 19.1 Å². The quantitative estimate of drug-likeness (QED) is 0.557. The molecule has 4 heteroatoms. The fourth-order valence-corrected chi connectivity index (χ4v) is 9.58. The van der Waals surface area contributed by atoms with Crippen LogP contribution in [0.3, 0.4) is 0 Å². The number of ketones is 1. The van der Waals surface area contributed by atoms with Gasteiger partial charge in [0.25, 0.3) is 8.32 Å². The molecule has 0 saturated heterocycles. The van der Waals surface area contributed by atoms with Crippen LogP contribution >= 0.6 is 0 Å². The Kier molecular flexibility index (Phi) is 5.66. The summed E-state index contributed by atoms with van der Waals surface area (Å²) in [5, 5.41) is 0. The number of carbonyl (C=O) groups excluding carboxylic acids is 1. The molecule has 1 aromatic heterocycles. The lowest BCUT2D eigenvalue weighted by Gasteiger charge is -2.42. The van der Waals surface area contributed by atoms with E-state index >= 15 is 0 Å². The minimum atomic E-state index is -2.01. The van der Waals surface area contributed by atoms with E-state index in [9.17, 15) is 4.79 Å². The normalized spacial score (nSPS) is 16.0. The molecule has 3 nitrogen and oxygen atoms in total. The smallest absolute Gasteiger partial charge is 0.258 e. The third-order valence-electron chi connectivity index (χ3n) is 5.34. The summed E-state index contributed by atoms with van der Waals surface area (Å²) in [4.78, 5) is 16.6. The molecule has 0 fully saturated rings. The Morgan fingerprint density at radius 1 is 1.04 bits per heavy atom. The first kappa shape index (κ1) is 18.2. The predicted molar refractivity (Wildman–Crippen MR) is 97.6 cm³/mol. The zero-order valence-electron chi connectivity index (χ0n) is 15.5. The predicted octanol–water partition coefficient (Wildman–Crippen LogP) is 5.08. The summed E-state index contributed by atoms with van der Waals surface area (Å²) in [6.07, 6.45) is 4.79. The van der Waals surface area contributed by atoms with Crippen LogP contribution in [0.15, 0.2) is 12.3 Å². The van der Waals surface area contributed by atoms with Gasteiger partial charge in [0.1, 0.15) is 11.5 Å². The summed E-state index contributed by atoms with van der Waals surface area (Å²) in [6.45, 7) is 13.7. The molecule has 0 aliphatic heterocycles. The Morgan fingerprint density at radius 2 is 1.65 bits per heavy atom. The molecule has 0 N–H and O–H groups in total. The van der Waals surface area contributed by atoms with E-state index in [-0.39, 0.29) is 0 Å². The Bertz CT molecular complexity index is 545. The molecule has 0 spiro atoms. The Balaban J connectivity index is 2.48. The fourth-order valence-electron chi connectivity index (χ4n) is 4.30. The highest BCUT2D eigenvalue weighted by Gasteiger charge is 2.47. The largest absolute Gasteiger partial charge is 0.542 e. The number of rotatable bonds is 5. The molecule has 128 valence electrons. The summed E-state index contributed by atoms with van der Waals surface area (Å²) in [6, 6.07) is 1.98. The van der Waals surface area contributed by atoms with E-state index in [2.05, 4.69) is 46.5 Å². The van der Waals surface area contributed by atoms with E-state index in [0.29, 0.717) is 35.2 Å². The van der Waals surface area contributed by atoms with Crippen molar-refractivity contribution in [1.29, 1.82) is 0 Å². The number of aromatic nitrogens is 1. The molecule has 23 heavy (non-hydrogen) atoms. The molecule has 0 saturated carbocycles. The fraction of sp³-hybridized carbons (Fsp3) is 0.684. The molecule has 0 atom stereocenters. The van der Waals surface area contributed by atoms with Crippen molar-refractivity contribution < 1.29 is 9.22 Å². The number of carbonyl (C=O) groups is 1. The lowest BCUT2D eigenvalue weighted by Crippen LogP contribution is -2.51. The molecule has 1 aliphatic rings. The van der Waals surface area contributed by atoms with Crippen LogP contribution in [-0.2, 0) is 17.6 Å². The molecule has 0 radical (unpaired) electrons. The first-order valence-corrected chi connectivity index (χ1v) is 11.1. The van der Waals surface area contributed by atoms with Crippen molar-refractivity contribution in [2.45, 2.75) is 83.8 Å². The van der Waals surface area contributed by atoms with Crippen molar-refractivity contribution in [3.8, 4) is 5.75 Å². The minimum Gasteiger partial charge on any atom is -0.542 e. The van der Waals surface area contributed by atoms with Crippen molar-refractivity contribution in [2.24, 2.45) is 0 Å². The SMILES string of the molecule is CC(C)[Si](Oc1ccnc2c1CC(=O)CCC2)(C(C)C)C(C)C. The van der Waals surface area contributed by atoms with Crippen LogP contribution in [0.25, 0.3) is 0 Å². The van der Waals surface area contributed by atoms with Gasteiger partial charge in [0.05, 0.1) is 0 Å². The van der Waals surface area contributed by atoms with Gasteiger partial charge in [0.15, 0.2) is 0 Å². The second kappa shape index (κ2) is 7.16. The number of aryl methyl sites for hydroxylation is 1. The van der Waals surface area contributed by atoms with Gasteiger partial charge in [0.2, 0.25) is 0 Å². The van der Waals surface area contributed by atoms with Gasteiger partial charge >= 0.3 is 0 Å². The van der Waals surface area contributed by atoms with Crippen LogP contribution in [0.2, 0.25) is 16.6 Å². The maximum absolute atomic E-state index is 12.1. The van der Waals surface area contributed by atoms with E-state index < -0.39 is 8.32 Å². The second-order valence-corrected chi connectivity index (χ2v) is 13.1. The second-order valence-electron chi connectivity index (χ2n) is 7.72. The molecular weight excluding hydrogens is 302 g/mol. The first-order chi connectivity index (χ1) is 10.8. The van der Waals surface area contributed by atoms with Crippen molar-refractivity contribution in [1.82, 2.24) is 4.98 Å². The zero-order chi connectivity index (χ0) is 17.2. The van der Waals surface area contributed by atoms with Crippen LogP contribution in [0.5, 0.6) is 5.75 Å². The molecule has 1 aromatic rings. The number of hydrogen-bond donors (Lipinski definition) is 0. The van der Waals surface area contributed by atoms with E-state index in [0.717, 1.165) is 29.8 Å². The van der Waals surface area contributed by atoms with Crippen LogP contribution in [0.1, 0.15) is 65.6 Å². The van der Waals surface area contributed by atoms with Gasteiger partial charge < -0.3 is 4.43 Å².